The molecule has 0 unspecified atom stereocenters. The Morgan fingerprint density at radius 1 is 0.848 bits per heavy atom. The minimum atomic E-state index is 0.733. The van der Waals surface area contributed by atoms with Crippen molar-refractivity contribution in [2.24, 2.45) is 0 Å². The van der Waals surface area contributed by atoms with Crippen molar-refractivity contribution in [3.8, 4) is 11.5 Å². The van der Waals surface area contributed by atoms with E-state index in [9.17, 15) is 0 Å². The average Bonchev–Trinajstić information content (AvgIpc) is 3.53. The Morgan fingerprint density at radius 2 is 1.61 bits per heavy atom. The molecule has 8 nitrogen and oxygen atoms in total. The molecule has 2 aromatic heterocycles. The number of aromatic amines is 1. The van der Waals surface area contributed by atoms with Crippen LogP contribution in [0.1, 0.15) is 24.0 Å². The van der Waals surface area contributed by atoms with Crippen molar-refractivity contribution in [2.45, 2.75) is 25.9 Å². The van der Waals surface area contributed by atoms with Crippen LogP contribution in [0.4, 0.5) is 5.82 Å². The normalized spacial score (nSPS) is 17.5. The van der Waals surface area contributed by atoms with E-state index in [0.717, 1.165) is 82.7 Å². The second kappa shape index (κ2) is 13.2. The van der Waals surface area contributed by atoms with E-state index >= 15 is 0 Å². The van der Waals surface area contributed by atoms with Crippen molar-refractivity contribution in [3.05, 3.63) is 59.9 Å². The fourth-order valence-electron chi connectivity index (χ4n) is 4.01. The molecule has 5 N–H and O–H groups in total. The summed E-state index contributed by atoms with van der Waals surface area (Å²) >= 11 is 0. The third kappa shape index (κ3) is 8.01. The van der Waals surface area contributed by atoms with Gasteiger partial charge in [0, 0.05) is 45.3 Å². The molecule has 0 bridgehead atoms. The number of anilines is 1. The summed E-state index contributed by atoms with van der Waals surface area (Å²) in [7, 11) is 0. The molecule has 0 amide bonds. The topological polar surface area (TPSA) is 93.2 Å². The predicted octanol–water partition coefficient (Wildman–Crippen LogP) is 2.65. The van der Waals surface area contributed by atoms with Crippen molar-refractivity contribution < 1.29 is 4.42 Å². The van der Waals surface area contributed by atoms with Gasteiger partial charge in [0.25, 0.3) is 0 Å². The first kappa shape index (κ1) is 23.5. The van der Waals surface area contributed by atoms with Crippen LogP contribution in [0.3, 0.4) is 0 Å². The molecule has 0 aliphatic carbocycles. The fraction of sp³-hybridized carbons (Fsp3) is 0.480. The number of hydrogen-bond acceptors (Lipinski definition) is 7. The SMILES string of the molecule is c1coc(-c2cc(NCc3ccc(CN4CCCNCCNCCCNCC4)cc3)n[nH]2)c1. The van der Waals surface area contributed by atoms with E-state index in [0.29, 0.717) is 0 Å². The van der Waals surface area contributed by atoms with Gasteiger partial charge in [-0.15, -0.1) is 0 Å². The van der Waals surface area contributed by atoms with Crippen molar-refractivity contribution in [1.82, 2.24) is 31.0 Å². The van der Waals surface area contributed by atoms with Gasteiger partial charge in [0.1, 0.15) is 11.5 Å². The molecule has 3 aromatic rings. The van der Waals surface area contributed by atoms with Gasteiger partial charge in [-0.25, -0.2) is 0 Å². The van der Waals surface area contributed by atoms with Crippen molar-refractivity contribution in [2.75, 3.05) is 57.7 Å². The van der Waals surface area contributed by atoms with Crippen LogP contribution in [-0.4, -0.2) is 67.5 Å². The minimum Gasteiger partial charge on any atom is -0.463 e. The third-order valence-corrected chi connectivity index (χ3v) is 5.89. The molecule has 178 valence electrons. The molecule has 3 heterocycles. The lowest BCUT2D eigenvalue weighted by molar-refractivity contribution is 0.260. The van der Waals surface area contributed by atoms with Gasteiger partial charge in [0.2, 0.25) is 0 Å². The number of furan rings is 1. The van der Waals surface area contributed by atoms with Crippen LogP contribution >= 0.6 is 0 Å². The van der Waals surface area contributed by atoms with E-state index < -0.39 is 0 Å². The summed E-state index contributed by atoms with van der Waals surface area (Å²) in [5.74, 6) is 1.60. The number of benzene rings is 1. The van der Waals surface area contributed by atoms with Gasteiger partial charge in [-0.1, -0.05) is 24.3 Å². The number of H-pyrrole nitrogens is 1. The molecule has 4 rings (SSSR count). The van der Waals surface area contributed by atoms with Crippen LogP contribution < -0.4 is 21.3 Å². The molecule has 1 aliphatic rings. The zero-order valence-electron chi connectivity index (χ0n) is 19.4. The van der Waals surface area contributed by atoms with Gasteiger partial charge >= 0.3 is 0 Å². The highest BCUT2D eigenvalue weighted by Crippen LogP contribution is 2.20. The molecule has 8 heteroatoms. The van der Waals surface area contributed by atoms with Gasteiger partial charge in [0.15, 0.2) is 5.76 Å². The lowest BCUT2D eigenvalue weighted by Crippen LogP contribution is -2.36. The standard InChI is InChI=1S/C25H37N7O/c1-4-24(33-17-1)23-18-25(31-30-23)29-19-21-5-7-22(8-6-21)20-32-15-3-11-27-13-12-26-9-2-10-28-14-16-32/h1,4-8,17-18,26-28H,2-3,9-16,19-20H2,(H2,29,30,31). The number of nitrogens with zero attached hydrogens (tertiary/aromatic N) is 2. The summed E-state index contributed by atoms with van der Waals surface area (Å²) in [5, 5.41) is 21.3. The van der Waals surface area contributed by atoms with Crippen molar-refractivity contribution in [1.29, 1.82) is 0 Å². The third-order valence-electron chi connectivity index (χ3n) is 5.89. The summed E-state index contributed by atoms with van der Waals surface area (Å²) in [6.07, 6.45) is 4.01. The molecule has 1 saturated heterocycles. The van der Waals surface area contributed by atoms with Crippen LogP contribution in [0.15, 0.2) is 53.1 Å². The Kier molecular flexibility index (Phi) is 9.37. The van der Waals surface area contributed by atoms with Crippen LogP contribution in [0, 0.1) is 0 Å². The van der Waals surface area contributed by atoms with Crippen molar-refractivity contribution in [3.63, 3.8) is 0 Å². The Labute approximate surface area is 196 Å². The van der Waals surface area contributed by atoms with Crippen LogP contribution in [0.5, 0.6) is 0 Å². The summed E-state index contributed by atoms with van der Waals surface area (Å²) in [4.78, 5) is 2.56. The molecule has 33 heavy (non-hydrogen) atoms. The summed E-state index contributed by atoms with van der Waals surface area (Å²) in [6, 6.07) is 14.7. The number of nitrogens with one attached hydrogen (secondary N) is 5. The first-order valence-corrected chi connectivity index (χ1v) is 12.1. The van der Waals surface area contributed by atoms with Gasteiger partial charge < -0.3 is 25.7 Å². The van der Waals surface area contributed by atoms with Crippen LogP contribution in [0.2, 0.25) is 0 Å². The maximum Gasteiger partial charge on any atom is 0.151 e. The summed E-state index contributed by atoms with van der Waals surface area (Å²) < 4.78 is 5.41. The monoisotopic (exact) mass is 451 g/mol. The molecule has 0 radical (unpaired) electrons. The van der Waals surface area contributed by atoms with E-state index in [2.05, 4.69) is 60.6 Å². The molecule has 0 spiro atoms. The highest BCUT2D eigenvalue weighted by Gasteiger charge is 2.08. The first-order chi connectivity index (χ1) is 16.4. The second-order valence-electron chi connectivity index (χ2n) is 8.55. The van der Waals surface area contributed by atoms with E-state index in [1.54, 1.807) is 6.26 Å². The predicted molar refractivity (Wildman–Crippen MR) is 133 cm³/mol. The molecule has 0 saturated carbocycles. The maximum atomic E-state index is 5.41. The first-order valence-electron chi connectivity index (χ1n) is 12.1. The Balaban J connectivity index is 1.24. The van der Waals surface area contributed by atoms with E-state index in [4.69, 9.17) is 4.42 Å². The Hall–Kier alpha value is -2.65. The number of hydrogen-bond donors (Lipinski definition) is 5. The smallest absolute Gasteiger partial charge is 0.151 e. The van der Waals surface area contributed by atoms with E-state index in [1.807, 2.05) is 18.2 Å². The molecular weight excluding hydrogens is 414 g/mol. The van der Waals surface area contributed by atoms with E-state index in [-0.39, 0.29) is 0 Å². The molecule has 1 aromatic carbocycles. The molecular formula is C25H37N7O. The molecule has 1 aliphatic heterocycles. The Bertz CT molecular complexity index is 893. The van der Waals surface area contributed by atoms with E-state index in [1.165, 1.54) is 24.0 Å². The zero-order valence-corrected chi connectivity index (χ0v) is 19.4. The minimum absolute atomic E-state index is 0.733. The molecule has 0 atom stereocenters. The summed E-state index contributed by atoms with van der Waals surface area (Å²) in [5.41, 5.74) is 3.47. The Morgan fingerprint density at radius 3 is 2.39 bits per heavy atom. The molecule has 1 fully saturated rings. The van der Waals surface area contributed by atoms with Gasteiger partial charge in [-0.2, -0.15) is 5.10 Å². The van der Waals surface area contributed by atoms with Gasteiger partial charge in [0.05, 0.1) is 6.26 Å². The van der Waals surface area contributed by atoms with Crippen LogP contribution in [0.25, 0.3) is 11.5 Å². The van der Waals surface area contributed by atoms with Gasteiger partial charge in [-0.05, 0) is 62.3 Å². The summed E-state index contributed by atoms with van der Waals surface area (Å²) in [6.45, 7) is 10.3. The highest BCUT2D eigenvalue weighted by atomic mass is 16.3. The average molecular weight is 452 g/mol. The second-order valence-corrected chi connectivity index (χ2v) is 8.55. The number of rotatable bonds is 6. The number of aromatic nitrogens is 2. The van der Waals surface area contributed by atoms with Gasteiger partial charge in [-0.3, -0.25) is 10.00 Å². The lowest BCUT2D eigenvalue weighted by atomic mass is 10.1. The quantitative estimate of drug-likeness (QED) is 0.393. The highest BCUT2D eigenvalue weighted by molar-refractivity contribution is 5.57. The largest absolute Gasteiger partial charge is 0.463 e. The van der Waals surface area contributed by atoms with Crippen molar-refractivity contribution >= 4 is 5.82 Å². The maximum absolute atomic E-state index is 5.41. The van der Waals surface area contributed by atoms with Crippen LogP contribution in [-0.2, 0) is 13.1 Å². The fourth-order valence-corrected chi connectivity index (χ4v) is 4.01. The lowest BCUT2D eigenvalue weighted by Gasteiger charge is -2.23. The zero-order chi connectivity index (χ0) is 22.6.